The van der Waals surface area contributed by atoms with Crippen LogP contribution in [0.5, 0.6) is 0 Å². The van der Waals surface area contributed by atoms with Crippen molar-refractivity contribution in [3.8, 4) is 0 Å². The first-order valence-electron chi connectivity index (χ1n) is 5.98. The van der Waals surface area contributed by atoms with E-state index in [0.717, 1.165) is 17.3 Å². The van der Waals surface area contributed by atoms with Gasteiger partial charge in [0, 0.05) is 13.0 Å². The smallest absolute Gasteiger partial charge is 0.189 e. The number of aromatic nitrogens is 2. The zero-order valence-electron chi connectivity index (χ0n) is 10.1. The van der Waals surface area contributed by atoms with Gasteiger partial charge in [0.05, 0.1) is 10.7 Å². The van der Waals surface area contributed by atoms with Crippen molar-refractivity contribution in [3.05, 3.63) is 51.8 Å². The van der Waals surface area contributed by atoms with Crippen LogP contribution in [0, 0.1) is 0 Å². The van der Waals surface area contributed by atoms with Crippen molar-refractivity contribution in [3.63, 3.8) is 0 Å². The number of benzene rings is 1. The summed E-state index contributed by atoms with van der Waals surface area (Å²) < 4.78 is 2.42. The Balaban J connectivity index is 2.01. The van der Waals surface area contributed by atoms with Crippen LogP contribution in [0.25, 0.3) is 0 Å². The number of ketones is 1. The molecule has 1 heterocycles. The van der Waals surface area contributed by atoms with E-state index in [1.165, 1.54) is 11.1 Å². The van der Waals surface area contributed by atoms with Crippen molar-refractivity contribution in [2.75, 3.05) is 0 Å². The molecule has 0 fully saturated rings. The number of hydrogen-bond acceptors (Lipinski definition) is 2. The van der Waals surface area contributed by atoms with Crippen LogP contribution in [0.1, 0.15) is 34.0 Å². The standard InChI is InChI=1S/C14H13BrN2O/c1-17-13(12(15)8-16-17)14(18)11-7-6-9-4-2-3-5-10(9)11/h2-5,8,11H,6-7H2,1H3. The highest BCUT2D eigenvalue weighted by atomic mass is 79.9. The number of carbonyl (C=O) groups excluding carboxylic acids is 1. The molecule has 92 valence electrons. The number of rotatable bonds is 2. The van der Waals surface area contributed by atoms with E-state index < -0.39 is 0 Å². The third-order valence-electron chi connectivity index (χ3n) is 3.58. The topological polar surface area (TPSA) is 34.9 Å². The molecule has 0 amide bonds. The van der Waals surface area contributed by atoms with Crippen LogP contribution < -0.4 is 0 Å². The summed E-state index contributed by atoms with van der Waals surface area (Å²) in [4.78, 5) is 12.6. The minimum atomic E-state index is -0.0205. The van der Waals surface area contributed by atoms with Gasteiger partial charge in [-0.25, -0.2) is 0 Å². The van der Waals surface area contributed by atoms with Gasteiger partial charge < -0.3 is 0 Å². The molecule has 0 radical (unpaired) electrons. The number of carbonyl (C=O) groups is 1. The zero-order valence-corrected chi connectivity index (χ0v) is 11.6. The summed E-state index contributed by atoms with van der Waals surface area (Å²) in [5, 5.41) is 4.11. The molecule has 0 saturated carbocycles. The maximum atomic E-state index is 12.6. The fourth-order valence-electron chi connectivity index (χ4n) is 2.68. The lowest BCUT2D eigenvalue weighted by Gasteiger charge is -2.11. The summed E-state index contributed by atoms with van der Waals surface area (Å²) in [6, 6.07) is 8.21. The second-order valence-corrected chi connectivity index (χ2v) is 5.47. The van der Waals surface area contributed by atoms with Gasteiger partial charge in [-0.1, -0.05) is 24.3 Å². The van der Waals surface area contributed by atoms with Gasteiger partial charge >= 0.3 is 0 Å². The van der Waals surface area contributed by atoms with Crippen molar-refractivity contribution in [2.45, 2.75) is 18.8 Å². The fraction of sp³-hybridized carbons (Fsp3) is 0.286. The lowest BCUT2D eigenvalue weighted by Crippen LogP contribution is -2.15. The molecule has 0 aliphatic heterocycles. The summed E-state index contributed by atoms with van der Waals surface area (Å²) in [6.45, 7) is 0. The quantitative estimate of drug-likeness (QED) is 0.799. The van der Waals surface area contributed by atoms with Gasteiger partial charge in [0.25, 0.3) is 0 Å². The molecule has 1 aromatic heterocycles. The van der Waals surface area contributed by atoms with Gasteiger partial charge in [0.15, 0.2) is 5.78 Å². The van der Waals surface area contributed by atoms with E-state index in [-0.39, 0.29) is 11.7 Å². The summed E-state index contributed by atoms with van der Waals surface area (Å²) in [5.41, 5.74) is 3.14. The zero-order chi connectivity index (χ0) is 12.7. The Labute approximate surface area is 114 Å². The van der Waals surface area contributed by atoms with Crippen molar-refractivity contribution in [1.29, 1.82) is 0 Å². The lowest BCUT2D eigenvalue weighted by atomic mass is 9.95. The van der Waals surface area contributed by atoms with Crippen LogP contribution in [-0.2, 0) is 13.5 Å². The maximum Gasteiger partial charge on any atom is 0.189 e. The molecule has 18 heavy (non-hydrogen) atoms. The number of halogens is 1. The summed E-state index contributed by atoms with van der Waals surface area (Å²) in [5.74, 6) is 0.139. The van der Waals surface area contributed by atoms with E-state index in [4.69, 9.17) is 0 Å². The van der Waals surface area contributed by atoms with Crippen molar-refractivity contribution in [2.24, 2.45) is 7.05 Å². The predicted octanol–water partition coefficient (Wildman–Crippen LogP) is 3.10. The largest absolute Gasteiger partial charge is 0.292 e. The van der Waals surface area contributed by atoms with Gasteiger partial charge in [-0.15, -0.1) is 0 Å². The first kappa shape index (κ1) is 11.7. The molecule has 0 N–H and O–H groups in total. The van der Waals surface area contributed by atoms with Crippen LogP contribution in [0.15, 0.2) is 34.9 Å². The second kappa shape index (κ2) is 4.35. The molecular weight excluding hydrogens is 292 g/mol. The highest BCUT2D eigenvalue weighted by Gasteiger charge is 2.31. The molecule has 1 aliphatic carbocycles. The molecule has 1 aromatic carbocycles. The molecule has 1 aliphatic rings. The molecule has 4 heteroatoms. The number of nitrogens with zero attached hydrogens (tertiary/aromatic N) is 2. The van der Waals surface area contributed by atoms with E-state index in [2.05, 4.69) is 33.2 Å². The molecule has 2 aromatic rings. The Morgan fingerprint density at radius 3 is 2.94 bits per heavy atom. The monoisotopic (exact) mass is 304 g/mol. The molecule has 0 saturated heterocycles. The average Bonchev–Trinajstić information content (AvgIpc) is 2.93. The Morgan fingerprint density at radius 2 is 2.22 bits per heavy atom. The first-order chi connectivity index (χ1) is 8.68. The van der Waals surface area contributed by atoms with Crippen molar-refractivity contribution < 1.29 is 4.79 Å². The Bertz CT molecular complexity index is 599. The molecule has 3 nitrogen and oxygen atoms in total. The Morgan fingerprint density at radius 1 is 1.44 bits per heavy atom. The van der Waals surface area contributed by atoms with E-state index in [1.54, 1.807) is 17.9 Å². The van der Waals surface area contributed by atoms with E-state index >= 15 is 0 Å². The highest BCUT2D eigenvalue weighted by molar-refractivity contribution is 9.10. The molecule has 0 bridgehead atoms. The average molecular weight is 305 g/mol. The predicted molar refractivity (Wildman–Crippen MR) is 72.7 cm³/mol. The maximum absolute atomic E-state index is 12.6. The first-order valence-corrected chi connectivity index (χ1v) is 6.77. The number of hydrogen-bond donors (Lipinski definition) is 0. The molecule has 0 spiro atoms. The van der Waals surface area contributed by atoms with E-state index in [9.17, 15) is 4.79 Å². The minimum Gasteiger partial charge on any atom is -0.292 e. The Hall–Kier alpha value is -1.42. The Kier molecular flexibility index (Phi) is 2.82. The fourth-order valence-corrected chi connectivity index (χ4v) is 3.23. The molecular formula is C14H13BrN2O. The molecule has 1 unspecified atom stereocenters. The minimum absolute atomic E-state index is 0.0205. The highest BCUT2D eigenvalue weighted by Crippen LogP contribution is 2.36. The van der Waals surface area contributed by atoms with Gasteiger partial charge in [0.2, 0.25) is 0 Å². The summed E-state index contributed by atoms with van der Waals surface area (Å²) in [7, 11) is 1.80. The van der Waals surface area contributed by atoms with Crippen LogP contribution in [-0.4, -0.2) is 15.6 Å². The van der Waals surface area contributed by atoms with Gasteiger partial charge in [0.1, 0.15) is 5.69 Å². The number of aryl methyl sites for hydroxylation is 2. The van der Waals surface area contributed by atoms with Crippen molar-refractivity contribution >= 4 is 21.7 Å². The number of Topliss-reactive ketones (excluding diaryl/α,β-unsaturated/α-hetero) is 1. The van der Waals surface area contributed by atoms with Gasteiger partial charge in [-0.05, 0) is 39.9 Å². The molecule has 3 rings (SSSR count). The number of fused-ring (bicyclic) bond motifs is 1. The van der Waals surface area contributed by atoms with Crippen LogP contribution in [0.4, 0.5) is 0 Å². The lowest BCUT2D eigenvalue weighted by molar-refractivity contribution is 0.0949. The summed E-state index contributed by atoms with van der Waals surface area (Å²) >= 11 is 3.40. The summed E-state index contributed by atoms with van der Waals surface area (Å²) in [6.07, 6.45) is 3.56. The van der Waals surface area contributed by atoms with Gasteiger partial charge in [-0.2, -0.15) is 5.10 Å². The van der Waals surface area contributed by atoms with Gasteiger partial charge in [-0.3, -0.25) is 9.48 Å². The van der Waals surface area contributed by atoms with Crippen molar-refractivity contribution in [1.82, 2.24) is 9.78 Å². The SMILES string of the molecule is Cn1ncc(Br)c1C(=O)C1CCc2ccccc21. The van der Waals surface area contributed by atoms with Crippen LogP contribution >= 0.6 is 15.9 Å². The van der Waals surface area contributed by atoms with Crippen LogP contribution in [0.3, 0.4) is 0 Å². The van der Waals surface area contributed by atoms with Crippen LogP contribution in [0.2, 0.25) is 0 Å². The van der Waals surface area contributed by atoms with E-state index in [0.29, 0.717) is 5.69 Å². The molecule has 1 atom stereocenters. The van der Waals surface area contributed by atoms with E-state index in [1.807, 2.05) is 12.1 Å². The third kappa shape index (κ3) is 1.72. The second-order valence-electron chi connectivity index (χ2n) is 4.62. The normalized spacial score (nSPS) is 17.8. The third-order valence-corrected chi connectivity index (χ3v) is 4.16.